The molecule has 7 nitrogen and oxygen atoms in total. The highest BCUT2D eigenvalue weighted by Gasteiger charge is 2.60. The van der Waals surface area contributed by atoms with Gasteiger partial charge in [0.1, 0.15) is 0 Å². The lowest BCUT2D eigenvalue weighted by Gasteiger charge is -2.35. The van der Waals surface area contributed by atoms with Crippen LogP contribution in [0.15, 0.2) is 4.99 Å². The summed E-state index contributed by atoms with van der Waals surface area (Å²) >= 11 is 4.62. The summed E-state index contributed by atoms with van der Waals surface area (Å²) < 4.78 is 22.6. The molecule has 1 unspecified atom stereocenters. The maximum Gasteiger partial charge on any atom is 0.349 e. The average molecular weight is 287 g/mol. The van der Waals surface area contributed by atoms with Crippen LogP contribution in [-0.4, -0.2) is 42.6 Å². The molecule has 0 spiro atoms. The summed E-state index contributed by atoms with van der Waals surface area (Å²) in [6, 6.07) is 0. The summed E-state index contributed by atoms with van der Waals surface area (Å²) in [6.07, 6.45) is 0.290. The minimum absolute atomic E-state index is 0.186. The summed E-state index contributed by atoms with van der Waals surface area (Å²) in [7, 11) is -10.0. The minimum Gasteiger partial charge on any atom is -0.323 e. The van der Waals surface area contributed by atoms with Crippen molar-refractivity contribution >= 4 is 39.0 Å². The van der Waals surface area contributed by atoms with Crippen molar-refractivity contribution < 1.29 is 28.7 Å². The Morgan fingerprint density at radius 1 is 1.31 bits per heavy atom. The van der Waals surface area contributed by atoms with E-state index < -0.39 is 32.4 Å². The second-order valence-electron chi connectivity index (χ2n) is 3.56. The van der Waals surface area contributed by atoms with Gasteiger partial charge in [0.05, 0.1) is 0 Å². The Hall–Kier alpha value is 0.0600. The Labute approximate surface area is 96.9 Å². The minimum atomic E-state index is -5.02. The zero-order chi connectivity index (χ0) is 12.6. The van der Waals surface area contributed by atoms with Crippen molar-refractivity contribution in [1.82, 2.24) is 0 Å². The summed E-state index contributed by atoms with van der Waals surface area (Å²) in [5, 5.41) is 1.22. The Bertz CT molecular complexity index is 389. The van der Waals surface area contributed by atoms with Crippen LogP contribution in [0.3, 0.4) is 0 Å². The predicted octanol–water partition coefficient (Wildman–Crippen LogP) is 0.128. The third-order valence-corrected chi connectivity index (χ3v) is 6.96. The van der Waals surface area contributed by atoms with E-state index in [-0.39, 0.29) is 6.54 Å². The highest BCUT2D eigenvalue weighted by molar-refractivity contribution is 7.79. The molecule has 0 aliphatic carbocycles. The number of aliphatic imine (C=N–C) groups is 1. The van der Waals surface area contributed by atoms with Gasteiger partial charge in [0.25, 0.3) is 0 Å². The zero-order valence-corrected chi connectivity index (χ0v) is 10.6. The summed E-state index contributed by atoms with van der Waals surface area (Å²) in [6.45, 7) is 0.186. The Morgan fingerprint density at radius 2 is 1.81 bits per heavy atom. The van der Waals surface area contributed by atoms with Crippen LogP contribution in [0.25, 0.3) is 0 Å². The largest absolute Gasteiger partial charge is 0.349 e. The van der Waals surface area contributed by atoms with Crippen LogP contribution in [0.1, 0.15) is 6.42 Å². The fraction of sp³-hybridized carbons (Fsp3) is 0.667. The fourth-order valence-electron chi connectivity index (χ4n) is 1.49. The molecule has 0 saturated heterocycles. The Morgan fingerprint density at radius 3 is 2.19 bits per heavy atom. The molecule has 1 heterocycles. The summed E-state index contributed by atoms with van der Waals surface area (Å²) in [4.78, 5) is 37.6. The average Bonchev–Trinajstić information content (AvgIpc) is 2.14. The van der Waals surface area contributed by atoms with Gasteiger partial charge in [-0.25, -0.2) is 0 Å². The van der Waals surface area contributed by atoms with E-state index in [4.69, 9.17) is 19.6 Å². The monoisotopic (exact) mass is 287 g/mol. The molecule has 10 heteroatoms. The molecule has 0 amide bonds. The molecule has 0 saturated carbocycles. The van der Waals surface area contributed by atoms with E-state index in [1.807, 2.05) is 0 Å². The molecular formula is C6H11NO6P2S. The van der Waals surface area contributed by atoms with Gasteiger partial charge in [-0.05, 0) is 11.8 Å². The molecule has 16 heavy (non-hydrogen) atoms. The van der Waals surface area contributed by atoms with Crippen molar-refractivity contribution in [2.24, 2.45) is 10.9 Å². The molecule has 0 bridgehead atoms. The Balaban J connectivity index is 3.33. The Kier molecular flexibility index (Phi) is 3.87. The van der Waals surface area contributed by atoms with Crippen LogP contribution in [0.5, 0.6) is 0 Å². The van der Waals surface area contributed by atoms with Crippen molar-refractivity contribution in [3.63, 3.8) is 0 Å². The normalized spacial score (nSPS) is 25.4. The molecule has 0 fully saturated rings. The zero-order valence-electron chi connectivity index (χ0n) is 8.00. The van der Waals surface area contributed by atoms with Crippen LogP contribution < -0.4 is 0 Å². The second kappa shape index (κ2) is 4.38. The molecule has 1 aliphatic heterocycles. The van der Waals surface area contributed by atoms with Crippen molar-refractivity contribution in [1.29, 1.82) is 0 Å². The lowest BCUT2D eigenvalue weighted by atomic mass is 10.0. The standard InChI is InChI=1S/C6H11NO6P2S/c8-14(9,10)6(15(11,12)13)1-5(3-16)2-7-4-6/h3-5H,1-2H2,(H2,8,9,10)(H2,11,12,13). The van der Waals surface area contributed by atoms with Gasteiger partial charge in [-0.3, -0.25) is 14.1 Å². The summed E-state index contributed by atoms with van der Waals surface area (Å²) in [5.74, 6) is -0.528. The van der Waals surface area contributed by atoms with E-state index >= 15 is 0 Å². The number of thiocarbonyl (C=S) groups is 1. The number of hydrogen-bond acceptors (Lipinski definition) is 4. The molecule has 1 aliphatic rings. The number of hydrogen-bond donors (Lipinski definition) is 4. The smallest absolute Gasteiger partial charge is 0.323 e. The lowest BCUT2D eigenvalue weighted by molar-refractivity contribution is 0.316. The molecule has 4 N–H and O–H groups in total. The molecule has 1 rings (SSSR count). The van der Waals surface area contributed by atoms with Crippen LogP contribution in [-0.2, 0) is 9.13 Å². The lowest BCUT2D eigenvalue weighted by Crippen LogP contribution is -2.37. The quantitative estimate of drug-likeness (QED) is 0.429. The number of rotatable bonds is 3. The maximum absolute atomic E-state index is 11.3. The van der Waals surface area contributed by atoms with Gasteiger partial charge in [-0.15, -0.1) is 0 Å². The third-order valence-electron chi connectivity index (χ3n) is 2.40. The second-order valence-corrected chi connectivity index (χ2v) is 7.96. The van der Waals surface area contributed by atoms with Crippen molar-refractivity contribution in [3.8, 4) is 0 Å². The molecule has 0 aromatic rings. The molecule has 0 radical (unpaired) electrons. The highest BCUT2D eigenvalue weighted by atomic mass is 32.1. The molecular weight excluding hydrogens is 276 g/mol. The van der Waals surface area contributed by atoms with E-state index in [9.17, 15) is 9.13 Å². The van der Waals surface area contributed by atoms with Crippen LogP contribution in [0.2, 0.25) is 0 Å². The van der Waals surface area contributed by atoms with E-state index in [1.54, 1.807) is 0 Å². The van der Waals surface area contributed by atoms with Gasteiger partial charge in [0, 0.05) is 18.7 Å². The first kappa shape index (κ1) is 14.1. The molecule has 92 valence electrons. The van der Waals surface area contributed by atoms with Crippen molar-refractivity contribution in [2.75, 3.05) is 6.54 Å². The van der Waals surface area contributed by atoms with Crippen molar-refractivity contribution in [2.45, 2.75) is 11.3 Å². The fourth-order valence-corrected chi connectivity index (χ4v) is 4.44. The van der Waals surface area contributed by atoms with Crippen molar-refractivity contribution in [3.05, 3.63) is 0 Å². The van der Waals surface area contributed by atoms with Gasteiger partial charge in [-0.1, -0.05) is 12.2 Å². The van der Waals surface area contributed by atoms with E-state index in [0.717, 1.165) is 0 Å². The van der Waals surface area contributed by atoms with Crippen LogP contribution >= 0.6 is 27.4 Å². The van der Waals surface area contributed by atoms with E-state index in [1.165, 1.54) is 5.37 Å². The van der Waals surface area contributed by atoms with Gasteiger partial charge < -0.3 is 19.6 Å². The van der Waals surface area contributed by atoms with E-state index in [2.05, 4.69) is 17.2 Å². The van der Waals surface area contributed by atoms with E-state index in [0.29, 0.717) is 6.21 Å². The molecule has 0 aromatic carbocycles. The first-order valence-electron chi connectivity index (χ1n) is 4.21. The SMILES string of the molecule is O=P(O)(O)C1(P(=O)(O)O)C=NCC(C=S)C1. The first-order chi connectivity index (χ1) is 7.14. The van der Waals surface area contributed by atoms with Gasteiger partial charge in [0.15, 0.2) is 0 Å². The molecule has 1 atom stereocenters. The first-order valence-corrected chi connectivity index (χ1v) is 7.91. The third kappa shape index (κ3) is 2.33. The van der Waals surface area contributed by atoms with Gasteiger partial charge >= 0.3 is 15.2 Å². The number of nitrogens with zero attached hydrogens (tertiary/aromatic N) is 1. The van der Waals surface area contributed by atoms with Crippen LogP contribution in [0.4, 0.5) is 0 Å². The van der Waals surface area contributed by atoms with Gasteiger partial charge in [0.2, 0.25) is 4.90 Å². The molecule has 0 aromatic heterocycles. The topological polar surface area (TPSA) is 127 Å². The van der Waals surface area contributed by atoms with Crippen LogP contribution in [0, 0.1) is 5.92 Å². The summed E-state index contributed by atoms with van der Waals surface area (Å²) in [5.41, 5.74) is 0. The maximum atomic E-state index is 11.3. The van der Waals surface area contributed by atoms with Gasteiger partial charge in [-0.2, -0.15) is 0 Å². The highest BCUT2D eigenvalue weighted by Crippen LogP contribution is 2.70. The predicted molar refractivity (Wildman–Crippen MR) is 61.9 cm³/mol.